The highest BCUT2D eigenvalue weighted by Crippen LogP contribution is 2.28. The number of Topliss-reactive ketones (excluding diaryl/α,β-unsaturated/α-hetero) is 1. The first-order valence-electron chi connectivity index (χ1n) is 6.46. The van der Waals surface area contributed by atoms with E-state index in [0.717, 1.165) is 6.42 Å². The molecule has 5 heteroatoms. The monoisotopic (exact) mass is 255 g/mol. The maximum Gasteiger partial charge on any atom is 0.307 e. The predicted molar refractivity (Wildman–Crippen MR) is 65.8 cm³/mol. The highest BCUT2D eigenvalue weighted by atomic mass is 16.5. The molecule has 1 heterocycles. The minimum Gasteiger partial charge on any atom is -0.466 e. The van der Waals surface area contributed by atoms with E-state index in [1.54, 1.807) is 11.8 Å². The molecule has 1 rings (SSSR count). The van der Waals surface area contributed by atoms with Crippen molar-refractivity contribution in [3.05, 3.63) is 0 Å². The molecule has 1 amide bonds. The number of hydrogen-bond donors (Lipinski definition) is 0. The summed E-state index contributed by atoms with van der Waals surface area (Å²) in [4.78, 5) is 36.4. The highest BCUT2D eigenvalue weighted by molar-refractivity contribution is 6.02. The Balaban J connectivity index is 2.56. The zero-order chi connectivity index (χ0) is 13.7. The molecule has 0 saturated carbocycles. The number of esters is 1. The van der Waals surface area contributed by atoms with Gasteiger partial charge in [-0.25, -0.2) is 0 Å². The summed E-state index contributed by atoms with van der Waals surface area (Å²) in [6, 6.07) is 0. The van der Waals surface area contributed by atoms with Gasteiger partial charge < -0.3 is 9.64 Å². The van der Waals surface area contributed by atoms with Gasteiger partial charge in [-0.05, 0) is 19.8 Å². The van der Waals surface area contributed by atoms with Gasteiger partial charge in [0.05, 0.1) is 13.0 Å². The molecule has 0 aromatic rings. The topological polar surface area (TPSA) is 63.7 Å². The van der Waals surface area contributed by atoms with Crippen molar-refractivity contribution in [2.75, 3.05) is 19.7 Å². The Bertz CT molecular complexity index is 340. The van der Waals surface area contributed by atoms with Crippen LogP contribution >= 0.6 is 0 Å². The van der Waals surface area contributed by atoms with Gasteiger partial charge in [0.1, 0.15) is 11.7 Å². The SMILES string of the molecule is CCOC(=O)CCN1C[C@H](CC)[C@@H](C(C)=O)C1=O. The predicted octanol–water partition coefficient (Wildman–Crippen LogP) is 1.01. The van der Waals surface area contributed by atoms with Crippen molar-refractivity contribution in [1.29, 1.82) is 0 Å². The summed E-state index contributed by atoms with van der Waals surface area (Å²) in [5, 5.41) is 0. The van der Waals surface area contributed by atoms with E-state index in [4.69, 9.17) is 4.74 Å². The van der Waals surface area contributed by atoms with Crippen LogP contribution in [0.5, 0.6) is 0 Å². The van der Waals surface area contributed by atoms with Crippen LogP contribution in [-0.2, 0) is 19.1 Å². The number of likely N-dealkylation sites (tertiary alicyclic amines) is 1. The fourth-order valence-electron chi connectivity index (χ4n) is 2.41. The van der Waals surface area contributed by atoms with Gasteiger partial charge in [0.2, 0.25) is 5.91 Å². The molecule has 0 N–H and O–H groups in total. The van der Waals surface area contributed by atoms with Crippen LogP contribution in [0, 0.1) is 11.8 Å². The molecular weight excluding hydrogens is 234 g/mol. The van der Waals surface area contributed by atoms with Crippen LogP contribution in [0.4, 0.5) is 0 Å². The molecule has 1 saturated heterocycles. The number of carbonyl (C=O) groups is 3. The minimum atomic E-state index is -0.516. The van der Waals surface area contributed by atoms with Gasteiger partial charge in [0.25, 0.3) is 0 Å². The number of nitrogens with zero attached hydrogens (tertiary/aromatic N) is 1. The summed E-state index contributed by atoms with van der Waals surface area (Å²) in [6.45, 7) is 6.44. The Hall–Kier alpha value is -1.39. The lowest BCUT2D eigenvalue weighted by atomic mass is 9.90. The number of ether oxygens (including phenoxy) is 1. The standard InChI is InChI=1S/C13H21NO4/c1-4-10-8-14(7-6-11(16)18-5-2)13(17)12(10)9(3)15/h10,12H,4-8H2,1-3H3/t10-,12+/m0/s1. The number of ketones is 1. The summed E-state index contributed by atoms with van der Waals surface area (Å²) in [6.07, 6.45) is 0.993. The van der Waals surface area contributed by atoms with Gasteiger partial charge in [-0.15, -0.1) is 0 Å². The van der Waals surface area contributed by atoms with Crippen LogP contribution in [0.3, 0.4) is 0 Å². The lowest BCUT2D eigenvalue weighted by molar-refractivity contribution is -0.143. The van der Waals surface area contributed by atoms with Crippen LogP contribution in [0.1, 0.15) is 33.6 Å². The van der Waals surface area contributed by atoms with Crippen LogP contribution < -0.4 is 0 Å². The van der Waals surface area contributed by atoms with E-state index in [9.17, 15) is 14.4 Å². The van der Waals surface area contributed by atoms with Gasteiger partial charge in [0, 0.05) is 13.1 Å². The van der Waals surface area contributed by atoms with Crippen molar-refractivity contribution < 1.29 is 19.1 Å². The second-order valence-electron chi connectivity index (χ2n) is 4.60. The van der Waals surface area contributed by atoms with Gasteiger partial charge in [-0.2, -0.15) is 0 Å². The summed E-state index contributed by atoms with van der Waals surface area (Å²) in [5.41, 5.74) is 0. The van der Waals surface area contributed by atoms with Crippen molar-refractivity contribution in [1.82, 2.24) is 4.90 Å². The average Bonchev–Trinajstić information content (AvgIpc) is 2.63. The second-order valence-corrected chi connectivity index (χ2v) is 4.60. The Morgan fingerprint density at radius 3 is 2.50 bits per heavy atom. The summed E-state index contributed by atoms with van der Waals surface area (Å²) in [5.74, 6) is -0.955. The number of carbonyl (C=O) groups excluding carboxylic acids is 3. The van der Waals surface area contributed by atoms with Crippen LogP contribution in [0.15, 0.2) is 0 Å². The maximum atomic E-state index is 12.0. The van der Waals surface area contributed by atoms with Crippen LogP contribution in [-0.4, -0.2) is 42.3 Å². The fourth-order valence-corrected chi connectivity index (χ4v) is 2.41. The normalized spacial score (nSPS) is 23.3. The van der Waals surface area contributed by atoms with Crippen molar-refractivity contribution in [3.63, 3.8) is 0 Å². The van der Waals surface area contributed by atoms with Crippen LogP contribution in [0.2, 0.25) is 0 Å². The Morgan fingerprint density at radius 1 is 1.39 bits per heavy atom. The maximum absolute atomic E-state index is 12.0. The number of amides is 1. The van der Waals surface area contributed by atoms with E-state index >= 15 is 0 Å². The van der Waals surface area contributed by atoms with Crippen LogP contribution in [0.25, 0.3) is 0 Å². The van der Waals surface area contributed by atoms with Gasteiger partial charge in [0.15, 0.2) is 0 Å². The zero-order valence-electron chi connectivity index (χ0n) is 11.3. The first kappa shape index (κ1) is 14.7. The molecule has 1 aliphatic rings. The van der Waals surface area contributed by atoms with E-state index in [1.165, 1.54) is 6.92 Å². The lowest BCUT2D eigenvalue weighted by Gasteiger charge is -2.15. The van der Waals surface area contributed by atoms with Crippen molar-refractivity contribution >= 4 is 17.7 Å². The molecule has 0 spiro atoms. The summed E-state index contributed by atoms with van der Waals surface area (Å²) in [7, 11) is 0. The zero-order valence-corrected chi connectivity index (χ0v) is 11.3. The highest BCUT2D eigenvalue weighted by Gasteiger charge is 2.41. The van der Waals surface area contributed by atoms with Gasteiger partial charge >= 0.3 is 5.97 Å². The Kier molecular flexibility index (Phi) is 5.31. The lowest BCUT2D eigenvalue weighted by Crippen LogP contribution is -2.31. The molecule has 18 heavy (non-hydrogen) atoms. The number of rotatable bonds is 6. The molecule has 102 valence electrons. The molecule has 1 fully saturated rings. The quantitative estimate of drug-likeness (QED) is 0.525. The first-order chi connectivity index (χ1) is 8.51. The van der Waals surface area contributed by atoms with Crippen molar-refractivity contribution in [3.8, 4) is 0 Å². The average molecular weight is 255 g/mol. The molecule has 0 bridgehead atoms. The van der Waals surface area contributed by atoms with E-state index < -0.39 is 5.92 Å². The van der Waals surface area contributed by atoms with Crippen molar-refractivity contribution in [2.24, 2.45) is 11.8 Å². The van der Waals surface area contributed by atoms with E-state index in [2.05, 4.69) is 0 Å². The van der Waals surface area contributed by atoms with E-state index in [0.29, 0.717) is 19.7 Å². The number of hydrogen-bond acceptors (Lipinski definition) is 4. The van der Waals surface area contributed by atoms with Gasteiger partial charge in [-0.1, -0.05) is 13.3 Å². The third-order valence-corrected chi connectivity index (χ3v) is 3.36. The first-order valence-corrected chi connectivity index (χ1v) is 6.46. The molecule has 2 atom stereocenters. The van der Waals surface area contributed by atoms with E-state index in [-0.39, 0.29) is 30.0 Å². The molecule has 0 aliphatic carbocycles. The van der Waals surface area contributed by atoms with Crippen molar-refractivity contribution in [2.45, 2.75) is 33.6 Å². The van der Waals surface area contributed by atoms with Gasteiger partial charge in [-0.3, -0.25) is 14.4 Å². The largest absolute Gasteiger partial charge is 0.466 e. The smallest absolute Gasteiger partial charge is 0.307 e. The summed E-state index contributed by atoms with van der Waals surface area (Å²) >= 11 is 0. The third-order valence-electron chi connectivity index (χ3n) is 3.36. The minimum absolute atomic E-state index is 0.0783. The molecular formula is C13H21NO4. The summed E-state index contributed by atoms with van der Waals surface area (Å²) < 4.78 is 4.82. The molecule has 0 radical (unpaired) electrons. The van der Waals surface area contributed by atoms with E-state index in [1.807, 2.05) is 6.92 Å². The molecule has 0 unspecified atom stereocenters. The molecule has 1 aliphatic heterocycles. The second kappa shape index (κ2) is 6.52. The molecule has 0 aromatic carbocycles. The Morgan fingerprint density at radius 2 is 2.06 bits per heavy atom. The third kappa shape index (κ3) is 3.31. The Labute approximate surface area is 107 Å². The molecule has 0 aromatic heterocycles. The fraction of sp³-hybridized carbons (Fsp3) is 0.769. The molecule has 5 nitrogen and oxygen atoms in total.